The van der Waals surface area contributed by atoms with E-state index in [-0.39, 0.29) is 5.82 Å². The summed E-state index contributed by atoms with van der Waals surface area (Å²) in [7, 11) is 0. The number of alkyl halides is 3. The number of fused-ring (bicyclic) bond motifs is 1. The summed E-state index contributed by atoms with van der Waals surface area (Å²) in [5.74, 6) is 0.218. The maximum absolute atomic E-state index is 12.5. The van der Waals surface area contributed by atoms with Crippen LogP contribution in [0.4, 0.5) is 13.2 Å². The Morgan fingerprint density at radius 2 is 2.07 bits per heavy atom. The van der Waals surface area contributed by atoms with Gasteiger partial charge in [-0.15, -0.1) is 0 Å². The van der Waals surface area contributed by atoms with E-state index < -0.39 is 21.9 Å². The van der Waals surface area contributed by atoms with Crippen molar-refractivity contribution in [1.82, 2.24) is 9.55 Å². The molecule has 0 aromatic carbocycles. The highest BCUT2D eigenvalue weighted by atomic mass is 79.9. The second kappa shape index (κ2) is 3.33. The van der Waals surface area contributed by atoms with Gasteiger partial charge >= 0.3 is 6.18 Å². The first-order chi connectivity index (χ1) is 6.91. The summed E-state index contributed by atoms with van der Waals surface area (Å²) in [5.41, 5.74) is -1.77. The van der Waals surface area contributed by atoms with Crippen molar-refractivity contribution < 1.29 is 13.2 Å². The average Bonchev–Trinajstić information content (AvgIpc) is 2.57. The largest absolute Gasteiger partial charge is 0.434 e. The third kappa shape index (κ3) is 1.68. The Hall–Kier alpha value is -0.850. The fourth-order valence-corrected chi connectivity index (χ4v) is 2.11. The van der Waals surface area contributed by atoms with E-state index in [4.69, 9.17) is 0 Å². The molecule has 0 radical (unpaired) electrons. The number of hydrogen-bond acceptors (Lipinski definition) is 2. The molecule has 3 nitrogen and oxygen atoms in total. The molecule has 0 atom stereocenters. The maximum Gasteiger partial charge on any atom is 0.434 e. The molecule has 0 aliphatic carbocycles. The Morgan fingerprint density at radius 3 is 2.67 bits per heavy atom. The van der Waals surface area contributed by atoms with Gasteiger partial charge in [-0.2, -0.15) is 13.2 Å². The lowest BCUT2D eigenvalue weighted by Crippen LogP contribution is -2.26. The van der Waals surface area contributed by atoms with Crippen molar-refractivity contribution in [3.05, 3.63) is 26.3 Å². The highest BCUT2D eigenvalue weighted by Crippen LogP contribution is 2.32. The van der Waals surface area contributed by atoms with Crippen molar-refractivity contribution >= 4 is 15.9 Å². The molecule has 0 amide bonds. The average molecular weight is 283 g/mol. The summed E-state index contributed by atoms with van der Waals surface area (Å²) in [5, 5.41) is 0. The van der Waals surface area contributed by atoms with Crippen LogP contribution < -0.4 is 5.56 Å². The molecular weight excluding hydrogens is 277 g/mol. The minimum atomic E-state index is -4.59. The van der Waals surface area contributed by atoms with E-state index in [1.54, 1.807) is 0 Å². The molecule has 0 fully saturated rings. The number of aromatic nitrogens is 2. The minimum absolute atomic E-state index is 0.218. The summed E-state index contributed by atoms with van der Waals surface area (Å²) >= 11 is 2.65. The van der Waals surface area contributed by atoms with Crippen LogP contribution in [0.1, 0.15) is 17.9 Å². The molecule has 7 heteroatoms. The van der Waals surface area contributed by atoms with E-state index in [0.29, 0.717) is 19.4 Å². The molecular formula is C8H6BrF3N2O. The van der Waals surface area contributed by atoms with Crippen molar-refractivity contribution in [2.75, 3.05) is 0 Å². The SMILES string of the molecule is O=c1c(Br)c(C(F)(F)F)nc2n1CCC2. The van der Waals surface area contributed by atoms with E-state index in [2.05, 4.69) is 20.9 Å². The van der Waals surface area contributed by atoms with Crippen molar-refractivity contribution in [3.63, 3.8) is 0 Å². The van der Waals surface area contributed by atoms with Crippen molar-refractivity contribution in [2.45, 2.75) is 25.6 Å². The molecule has 0 unspecified atom stereocenters. The Kier molecular flexibility index (Phi) is 2.37. The Balaban J connectivity index is 2.70. The van der Waals surface area contributed by atoms with Gasteiger partial charge in [-0.05, 0) is 22.4 Å². The molecule has 2 rings (SSSR count). The van der Waals surface area contributed by atoms with Gasteiger partial charge in [-0.1, -0.05) is 0 Å². The fraction of sp³-hybridized carbons (Fsp3) is 0.500. The lowest BCUT2D eigenvalue weighted by molar-refractivity contribution is -0.142. The predicted molar refractivity (Wildman–Crippen MR) is 49.5 cm³/mol. The van der Waals surface area contributed by atoms with Crippen LogP contribution in [-0.2, 0) is 19.1 Å². The zero-order valence-electron chi connectivity index (χ0n) is 7.44. The maximum atomic E-state index is 12.5. The fourth-order valence-electron chi connectivity index (χ4n) is 1.58. The van der Waals surface area contributed by atoms with Gasteiger partial charge in [0.2, 0.25) is 0 Å². The zero-order chi connectivity index (χ0) is 11.2. The quantitative estimate of drug-likeness (QED) is 0.729. The molecule has 1 aromatic heterocycles. The standard InChI is InChI=1S/C8H6BrF3N2O/c9-5-6(8(10,11)12)13-4-2-1-3-14(4)7(5)15/h1-3H2. The van der Waals surface area contributed by atoms with Crippen LogP contribution in [0.5, 0.6) is 0 Å². The topological polar surface area (TPSA) is 34.9 Å². The first-order valence-electron chi connectivity index (χ1n) is 4.27. The Morgan fingerprint density at radius 1 is 1.40 bits per heavy atom. The number of rotatable bonds is 0. The van der Waals surface area contributed by atoms with Crippen LogP contribution >= 0.6 is 15.9 Å². The molecule has 0 bridgehead atoms. The van der Waals surface area contributed by atoms with Gasteiger partial charge in [-0.3, -0.25) is 9.36 Å². The van der Waals surface area contributed by atoms with Crippen LogP contribution in [0.3, 0.4) is 0 Å². The summed E-state index contributed by atoms with van der Waals surface area (Å²) in [6.45, 7) is 0.442. The molecule has 1 aromatic rings. The van der Waals surface area contributed by atoms with Crippen LogP contribution in [0.2, 0.25) is 0 Å². The van der Waals surface area contributed by atoms with Crippen LogP contribution in [0.15, 0.2) is 9.27 Å². The van der Waals surface area contributed by atoms with Crippen molar-refractivity contribution in [2.24, 2.45) is 0 Å². The summed E-state index contributed by atoms with van der Waals surface area (Å²) in [6, 6.07) is 0. The van der Waals surface area contributed by atoms with E-state index >= 15 is 0 Å². The van der Waals surface area contributed by atoms with E-state index in [1.807, 2.05) is 0 Å². The first kappa shape index (κ1) is 10.7. The molecule has 15 heavy (non-hydrogen) atoms. The van der Waals surface area contributed by atoms with E-state index in [9.17, 15) is 18.0 Å². The van der Waals surface area contributed by atoms with Gasteiger partial charge < -0.3 is 0 Å². The first-order valence-corrected chi connectivity index (χ1v) is 5.07. The smallest absolute Gasteiger partial charge is 0.296 e. The molecule has 0 spiro atoms. The molecule has 2 heterocycles. The molecule has 0 N–H and O–H groups in total. The van der Waals surface area contributed by atoms with E-state index in [0.717, 1.165) is 0 Å². The van der Waals surface area contributed by atoms with E-state index in [1.165, 1.54) is 4.57 Å². The summed E-state index contributed by atoms with van der Waals surface area (Å²) in [4.78, 5) is 15.0. The minimum Gasteiger partial charge on any atom is -0.296 e. The Labute approximate surface area is 91.1 Å². The lowest BCUT2D eigenvalue weighted by atomic mass is 10.3. The number of hydrogen-bond donors (Lipinski definition) is 0. The molecule has 0 saturated carbocycles. The van der Waals surface area contributed by atoms with Crippen LogP contribution in [0, 0.1) is 0 Å². The predicted octanol–water partition coefficient (Wildman–Crippen LogP) is 1.97. The molecule has 1 aliphatic rings. The number of aryl methyl sites for hydroxylation is 1. The van der Waals surface area contributed by atoms with Crippen molar-refractivity contribution in [3.8, 4) is 0 Å². The summed E-state index contributed by atoms with van der Waals surface area (Å²) < 4.78 is 38.1. The highest BCUT2D eigenvalue weighted by Gasteiger charge is 2.37. The monoisotopic (exact) mass is 282 g/mol. The van der Waals surface area contributed by atoms with Gasteiger partial charge in [0.15, 0.2) is 5.69 Å². The summed E-state index contributed by atoms with van der Waals surface area (Å²) in [6.07, 6.45) is -3.50. The molecule has 82 valence electrons. The normalized spacial score (nSPS) is 15.5. The molecule has 1 aliphatic heterocycles. The lowest BCUT2D eigenvalue weighted by Gasteiger charge is -2.10. The molecule has 0 saturated heterocycles. The third-order valence-corrected chi connectivity index (χ3v) is 2.96. The van der Waals surface area contributed by atoms with Crippen LogP contribution in [-0.4, -0.2) is 9.55 Å². The number of halogens is 4. The van der Waals surface area contributed by atoms with Gasteiger partial charge in [0.1, 0.15) is 10.3 Å². The van der Waals surface area contributed by atoms with Gasteiger partial charge in [0.05, 0.1) is 0 Å². The zero-order valence-corrected chi connectivity index (χ0v) is 9.02. The van der Waals surface area contributed by atoms with Gasteiger partial charge in [-0.25, -0.2) is 4.98 Å². The van der Waals surface area contributed by atoms with Crippen LogP contribution in [0.25, 0.3) is 0 Å². The second-order valence-electron chi connectivity index (χ2n) is 3.25. The second-order valence-corrected chi connectivity index (χ2v) is 4.04. The Bertz CT molecular complexity index is 466. The van der Waals surface area contributed by atoms with Gasteiger partial charge in [0, 0.05) is 13.0 Å². The van der Waals surface area contributed by atoms with Gasteiger partial charge in [0.25, 0.3) is 5.56 Å². The van der Waals surface area contributed by atoms with Crippen molar-refractivity contribution in [1.29, 1.82) is 0 Å². The third-order valence-electron chi connectivity index (χ3n) is 2.24. The highest BCUT2D eigenvalue weighted by molar-refractivity contribution is 9.10. The number of nitrogens with zero attached hydrogens (tertiary/aromatic N) is 2.